The van der Waals surface area contributed by atoms with E-state index in [1.165, 1.54) is 0 Å². The number of H-pyrrole nitrogens is 1. The number of nitrogens with one attached hydrogen (secondary N) is 1. The first-order chi connectivity index (χ1) is 6.65. The van der Waals surface area contributed by atoms with Gasteiger partial charge in [-0.2, -0.15) is 0 Å². The van der Waals surface area contributed by atoms with E-state index in [0.29, 0.717) is 0 Å². The molecule has 0 fully saturated rings. The van der Waals surface area contributed by atoms with E-state index in [1.54, 1.807) is 0 Å². The van der Waals surface area contributed by atoms with Crippen LogP contribution in [0.1, 0.15) is 12.6 Å². The van der Waals surface area contributed by atoms with Crippen molar-refractivity contribution in [1.29, 1.82) is 0 Å². The molecular formula is C11H13ClN2. The van der Waals surface area contributed by atoms with Crippen molar-refractivity contribution in [3.63, 3.8) is 0 Å². The Balaban J connectivity index is 2.41. The fourth-order valence-corrected chi connectivity index (χ4v) is 1.80. The van der Waals surface area contributed by atoms with Gasteiger partial charge in [-0.25, -0.2) is 0 Å². The van der Waals surface area contributed by atoms with Crippen LogP contribution >= 0.6 is 11.6 Å². The van der Waals surface area contributed by atoms with Crippen molar-refractivity contribution in [2.24, 2.45) is 5.73 Å². The summed E-state index contributed by atoms with van der Waals surface area (Å²) in [5.74, 6) is 0. The van der Waals surface area contributed by atoms with Crippen molar-refractivity contribution in [3.8, 4) is 0 Å². The smallest absolute Gasteiger partial charge is 0.0457 e. The van der Waals surface area contributed by atoms with Gasteiger partial charge in [-0.05, 0) is 31.2 Å². The average Bonchev–Trinajstić information content (AvgIpc) is 2.44. The van der Waals surface area contributed by atoms with Gasteiger partial charge in [0.1, 0.15) is 0 Å². The molecule has 3 N–H and O–H groups in total. The number of aromatic amines is 1. The van der Waals surface area contributed by atoms with E-state index in [1.807, 2.05) is 25.1 Å². The van der Waals surface area contributed by atoms with Crippen molar-refractivity contribution < 1.29 is 0 Å². The monoisotopic (exact) mass is 208 g/mol. The van der Waals surface area contributed by atoms with Crippen molar-refractivity contribution in [3.05, 3.63) is 35.0 Å². The average molecular weight is 209 g/mol. The van der Waals surface area contributed by atoms with Gasteiger partial charge in [-0.1, -0.05) is 11.6 Å². The second kappa shape index (κ2) is 3.64. The lowest BCUT2D eigenvalue weighted by atomic mass is 10.2. The lowest BCUT2D eigenvalue weighted by Gasteiger charge is -2.00. The molecule has 0 amide bonds. The maximum atomic E-state index is 5.90. The highest BCUT2D eigenvalue weighted by molar-refractivity contribution is 6.31. The molecule has 0 saturated carbocycles. The molecular weight excluding hydrogens is 196 g/mol. The largest absolute Gasteiger partial charge is 0.358 e. The van der Waals surface area contributed by atoms with E-state index < -0.39 is 0 Å². The van der Waals surface area contributed by atoms with Gasteiger partial charge in [0, 0.05) is 34.1 Å². The van der Waals surface area contributed by atoms with Crippen molar-refractivity contribution in [2.75, 3.05) is 0 Å². The minimum Gasteiger partial charge on any atom is -0.358 e. The minimum atomic E-state index is 0.179. The lowest BCUT2D eigenvalue weighted by molar-refractivity contribution is 0.727. The topological polar surface area (TPSA) is 41.8 Å². The number of hydrogen-bond donors (Lipinski definition) is 2. The predicted molar refractivity (Wildman–Crippen MR) is 60.7 cm³/mol. The van der Waals surface area contributed by atoms with Gasteiger partial charge in [-0.15, -0.1) is 0 Å². The summed E-state index contributed by atoms with van der Waals surface area (Å²) < 4.78 is 0. The SMILES string of the molecule is C[C@@H](N)Cc1cc2cc(Cl)ccc2[nH]1. The Labute approximate surface area is 88.1 Å². The molecule has 0 aliphatic carbocycles. The standard InChI is InChI=1S/C11H13ClN2/c1-7(13)4-10-6-8-5-9(12)2-3-11(8)14-10/h2-3,5-7,14H,4,13H2,1H3/t7-/m1/s1. The van der Waals surface area contributed by atoms with Crippen LogP contribution in [0.4, 0.5) is 0 Å². The molecule has 0 aliphatic rings. The second-order valence-electron chi connectivity index (χ2n) is 3.71. The first-order valence-electron chi connectivity index (χ1n) is 4.68. The number of fused-ring (bicyclic) bond motifs is 1. The molecule has 1 aromatic carbocycles. The lowest BCUT2D eigenvalue weighted by Crippen LogP contribution is -2.17. The Morgan fingerprint density at radius 3 is 2.93 bits per heavy atom. The van der Waals surface area contributed by atoms with Crippen LogP contribution in [-0.4, -0.2) is 11.0 Å². The molecule has 2 rings (SSSR count). The van der Waals surface area contributed by atoms with Crippen molar-refractivity contribution in [1.82, 2.24) is 4.98 Å². The van der Waals surface area contributed by atoms with Crippen LogP contribution in [0.25, 0.3) is 10.9 Å². The van der Waals surface area contributed by atoms with Crippen LogP contribution in [0.2, 0.25) is 5.02 Å². The third-order valence-electron chi connectivity index (χ3n) is 2.18. The van der Waals surface area contributed by atoms with E-state index in [2.05, 4.69) is 11.1 Å². The molecule has 0 radical (unpaired) electrons. The molecule has 0 aliphatic heterocycles. The van der Waals surface area contributed by atoms with Crippen molar-refractivity contribution >= 4 is 22.5 Å². The molecule has 0 bridgehead atoms. The zero-order valence-corrected chi connectivity index (χ0v) is 8.81. The molecule has 0 unspecified atom stereocenters. The fraction of sp³-hybridized carbons (Fsp3) is 0.273. The summed E-state index contributed by atoms with van der Waals surface area (Å²) in [4.78, 5) is 3.32. The van der Waals surface area contributed by atoms with Gasteiger partial charge in [0.15, 0.2) is 0 Å². The van der Waals surface area contributed by atoms with Gasteiger partial charge in [-0.3, -0.25) is 0 Å². The van der Waals surface area contributed by atoms with Gasteiger partial charge < -0.3 is 10.7 Å². The van der Waals surface area contributed by atoms with E-state index >= 15 is 0 Å². The number of hydrogen-bond acceptors (Lipinski definition) is 1. The van der Waals surface area contributed by atoms with E-state index in [-0.39, 0.29) is 6.04 Å². The van der Waals surface area contributed by atoms with Crippen molar-refractivity contribution in [2.45, 2.75) is 19.4 Å². The van der Waals surface area contributed by atoms with E-state index in [4.69, 9.17) is 17.3 Å². The first-order valence-corrected chi connectivity index (χ1v) is 5.05. The number of aromatic nitrogens is 1. The molecule has 3 heteroatoms. The molecule has 1 atom stereocenters. The molecule has 0 spiro atoms. The van der Waals surface area contributed by atoms with Crippen LogP contribution in [0.5, 0.6) is 0 Å². The predicted octanol–water partition coefficient (Wildman–Crippen LogP) is 2.71. The number of benzene rings is 1. The van der Waals surface area contributed by atoms with Gasteiger partial charge in [0.25, 0.3) is 0 Å². The molecule has 2 nitrogen and oxygen atoms in total. The molecule has 14 heavy (non-hydrogen) atoms. The zero-order chi connectivity index (χ0) is 10.1. The summed E-state index contributed by atoms with van der Waals surface area (Å²) in [5.41, 5.74) is 8.01. The molecule has 0 saturated heterocycles. The van der Waals surface area contributed by atoms with Crippen LogP contribution in [0.15, 0.2) is 24.3 Å². The second-order valence-corrected chi connectivity index (χ2v) is 4.14. The summed E-state index contributed by atoms with van der Waals surface area (Å²) in [7, 11) is 0. The van der Waals surface area contributed by atoms with Gasteiger partial charge in [0.2, 0.25) is 0 Å². The summed E-state index contributed by atoms with van der Waals surface area (Å²) in [6, 6.07) is 8.11. The Morgan fingerprint density at radius 2 is 2.21 bits per heavy atom. The Morgan fingerprint density at radius 1 is 1.43 bits per heavy atom. The maximum absolute atomic E-state index is 5.90. The molecule has 1 aromatic heterocycles. The molecule has 74 valence electrons. The van der Waals surface area contributed by atoms with E-state index in [9.17, 15) is 0 Å². The van der Waals surface area contributed by atoms with Gasteiger partial charge in [0.05, 0.1) is 0 Å². The van der Waals surface area contributed by atoms with Gasteiger partial charge >= 0.3 is 0 Å². The summed E-state index contributed by atoms with van der Waals surface area (Å²) in [6.07, 6.45) is 0.867. The summed E-state index contributed by atoms with van der Waals surface area (Å²) in [5, 5.41) is 1.91. The Bertz CT molecular complexity index is 445. The number of halogens is 1. The highest BCUT2D eigenvalue weighted by atomic mass is 35.5. The maximum Gasteiger partial charge on any atom is 0.0457 e. The van der Waals surface area contributed by atoms with Crippen LogP contribution in [-0.2, 0) is 6.42 Å². The Hall–Kier alpha value is -0.990. The summed E-state index contributed by atoms with van der Waals surface area (Å²) in [6.45, 7) is 2.00. The van der Waals surface area contributed by atoms with Crippen LogP contribution < -0.4 is 5.73 Å². The number of nitrogens with two attached hydrogens (primary N) is 1. The normalized spacial score (nSPS) is 13.4. The highest BCUT2D eigenvalue weighted by Crippen LogP contribution is 2.20. The van der Waals surface area contributed by atoms with E-state index in [0.717, 1.165) is 28.0 Å². The third-order valence-corrected chi connectivity index (χ3v) is 2.42. The quantitative estimate of drug-likeness (QED) is 0.783. The first kappa shape index (κ1) is 9.56. The number of rotatable bonds is 2. The molecule has 1 heterocycles. The van der Waals surface area contributed by atoms with Crippen LogP contribution in [0, 0.1) is 0 Å². The zero-order valence-electron chi connectivity index (χ0n) is 8.05. The summed E-state index contributed by atoms with van der Waals surface area (Å²) >= 11 is 5.90. The highest BCUT2D eigenvalue weighted by Gasteiger charge is 2.03. The fourth-order valence-electron chi connectivity index (χ4n) is 1.62. The Kier molecular flexibility index (Phi) is 2.48. The third kappa shape index (κ3) is 1.91. The van der Waals surface area contributed by atoms with Crippen LogP contribution in [0.3, 0.4) is 0 Å². The minimum absolute atomic E-state index is 0.179. The molecule has 2 aromatic rings.